The van der Waals surface area contributed by atoms with Crippen LogP contribution in [0.2, 0.25) is 0 Å². The van der Waals surface area contributed by atoms with Crippen LogP contribution in [0, 0.1) is 0 Å². The first-order chi connectivity index (χ1) is 12.2. The van der Waals surface area contributed by atoms with E-state index in [9.17, 15) is 14.4 Å². The van der Waals surface area contributed by atoms with E-state index in [4.69, 9.17) is 31.5 Å². The fourth-order valence-electron chi connectivity index (χ4n) is 1.93. The lowest BCUT2D eigenvalue weighted by atomic mass is 9.93. The zero-order valence-electron chi connectivity index (χ0n) is 17.1. The summed E-state index contributed by atoms with van der Waals surface area (Å²) in [4.78, 5) is 36.4. The van der Waals surface area contributed by atoms with Crippen molar-refractivity contribution >= 4 is 29.6 Å². The van der Waals surface area contributed by atoms with Gasteiger partial charge in [0.05, 0.1) is 5.88 Å². The van der Waals surface area contributed by atoms with Crippen molar-refractivity contribution in [1.29, 1.82) is 0 Å². The first-order valence-corrected chi connectivity index (χ1v) is 9.47. The molecule has 0 rings (SSSR count). The summed E-state index contributed by atoms with van der Waals surface area (Å²) in [6.07, 6.45) is 0.328. The van der Waals surface area contributed by atoms with E-state index >= 15 is 0 Å². The van der Waals surface area contributed by atoms with Crippen molar-refractivity contribution in [3.8, 4) is 0 Å². The predicted molar refractivity (Wildman–Crippen MR) is 103 cm³/mol. The number of halogens is 1. The summed E-state index contributed by atoms with van der Waals surface area (Å²) in [6.45, 7) is 10.6. The van der Waals surface area contributed by atoms with Gasteiger partial charge in [0.15, 0.2) is 0 Å². The molecule has 0 aromatic heterocycles. The molecule has 3 N–H and O–H groups in total. The minimum Gasteiger partial charge on any atom is -0.458 e. The Balaban J connectivity index is 4.84. The number of ether oxygens (including phenoxy) is 3. The van der Waals surface area contributed by atoms with Gasteiger partial charge in [0, 0.05) is 6.54 Å². The van der Waals surface area contributed by atoms with E-state index in [2.05, 4.69) is 5.32 Å². The van der Waals surface area contributed by atoms with Gasteiger partial charge in [0.2, 0.25) is 5.54 Å². The SMILES string of the molecule is CC(C)(C)OC(=O)C(N)(CCCCNC(=O)OCCCl)C(=O)OC(C)(C)C. The molecule has 0 aliphatic heterocycles. The Morgan fingerprint density at radius 3 is 1.81 bits per heavy atom. The van der Waals surface area contributed by atoms with Gasteiger partial charge in [-0.05, 0) is 60.8 Å². The number of unbranched alkanes of at least 4 members (excludes halogenated alkanes) is 1. The van der Waals surface area contributed by atoms with Gasteiger partial charge >= 0.3 is 18.0 Å². The van der Waals surface area contributed by atoms with Crippen LogP contribution in [0.3, 0.4) is 0 Å². The Bertz CT molecular complexity index is 483. The van der Waals surface area contributed by atoms with Gasteiger partial charge in [-0.25, -0.2) is 14.4 Å². The maximum Gasteiger partial charge on any atom is 0.407 e. The minimum absolute atomic E-state index is 0.0230. The lowest BCUT2D eigenvalue weighted by Crippen LogP contribution is -2.59. The second-order valence-corrected chi connectivity index (χ2v) is 8.56. The molecule has 0 bridgehead atoms. The van der Waals surface area contributed by atoms with E-state index in [0.717, 1.165) is 0 Å². The maximum absolute atomic E-state index is 12.5. The van der Waals surface area contributed by atoms with Gasteiger partial charge < -0.3 is 25.3 Å². The van der Waals surface area contributed by atoms with Crippen LogP contribution < -0.4 is 11.1 Å². The van der Waals surface area contributed by atoms with E-state index in [1.165, 1.54) is 0 Å². The van der Waals surface area contributed by atoms with Crippen LogP contribution in [0.1, 0.15) is 60.8 Å². The number of alkyl carbamates (subject to hydrolysis) is 1. The standard InChI is InChI=1S/C18H33ClN2O6/c1-16(2,3)26-13(22)18(20,14(23)27-17(4,5)6)9-7-8-11-21-15(24)25-12-10-19/h7-12,20H2,1-6H3,(H,21,24). The number of esters is 2. The molecule has 0 saturated heterocycles. The molecular formula is C18H33ClN2O6. The van der Waals surface area contributed by atoms with Crippen LogP contribution in [0.25, 0.3) is 0 Å². The summed E-state index contributed by atoms with van der Waals surface area (Å²) in [5.74, 6) is -1.45. The molecular weight excluding hydrogens is 376 g/mol. The Morgan fingerprint density at radius 2 is 1.41 bits per heavy atom. The molecule has 27 heavy (non-hydrogen) atoms. The molecule has 0 fully saturated rings. The molecule has 8 nitrogen and oxygen atoms in total. The van der Waals surface area contributed by atoms with Gasteiger partial charge in [0.1, 0.15) is 17.8 Å². The largest absolute Gasteiger partial charge is 0.458 e. The molecule has 0 heterocycles. The van der Waals surface area contributed by atoms with Crippen molar-refractivity contribution in [3.05, 3.63) is 0 Å². The summed E-state index contributed by atoms with van der Waals surface area (Å²) >= 11 is 5.42. The Morgan fingerprint density at radius 1 is 0.926 bits per heavy atom. The third kappa shape index (κ3) is 11.0. The lowest BCUT2D eigenvalue weighted by Gasteiger charge is -2.32. The van der Waals surface area contributed by atoms with Gasteiger partial charge in [-0.15, -0.1) is 11.6 Å². The van der Waals surface area contributed by atoms with Crippen molar-refractivity contribution < 1.29 is 28.6 Å². The quantitative estimate of drug-likeness (QED) is 0.198. The molecule has 0 atom stereocenters. The van der Waals surface area contributed by atoms with Crippen molar-refractivity contribution in [2.24, 2.45) is 5.73 Å². The number of amides is 1. The first kappa shape index (κ1) is 25.5. The second-order valence-electron chi connectivity index (χ2n) is 8.18. The number of alkyl halides is 1. The van der Waals surface area contributed by atoms with Gasteiger partial charge in [-0.1, -0.05) is 0 Å². The zero-order chi connectivity index (χ0) is 21.3. The van der Waals surface area contributed by atoms with Crippen LogP contribution in [0.5, 0.6) is 0 Å². The van der Waals surface area contributed by atoms with Crippen molar-refractivity contribution in [1.82, 2.24) is 5.32 Å². The van der Waals surface area contributed by atoms with Gasteiger partial charge in [-0.2, -0.15) is 0 Å². The molecule has 158 valence electrons. The molecule has 0 aliphatic rings. The molecule has 0 aromatic rings. The maximum atomic E-state index is 12.5. The Labute approximate surface area is 166 Å². The highest BCUT2D eigenvalue weighted by Crippen LogP contribution is 2.22. The number of nitrogens with two attached hydrogens (primary N) is 1. The van der Waals surface area contributed by atoms with Crippen molar-refractivity contribution in [3.63, 3.8) is 0 Å². The average Bonchev–Trinajstić information content (AvgIpc) is 2.48. The fraction of sp³-hybridized carbons (Fsp3) is 0.833. The normalized spacial score (nSPS) is 12.3. The average molecular weight is 409 g/mol. The topological polar surface area (TPSA) is 117 Å². The third-order valence-electron chi connectivity index (χ3n) is 3.10. The number of hydrogen-bond acceptors (Lipinski definition) is 7. The molecule has 0 unspecified atom stereocenters. The Hall–Kier alpha value is -1.54. The summed E-state index contributed by atoms with van der Waals surface area (Å²) in [5.41, 5.74) is 2.63. The number of nitrogens with one attached hydrogen (secondary N) is 1. The van der Waals surface area contributed by atoms with Crippen LogP contribution in [-0.2, 0) is 23.8 Å². The monoisotopic (exact) mass is 408 g/mol. The molecule has 0 aliphatic carbocycles. The van der Waals surface area contributed by atoms with Crippen molar-refractivity contribution in [2.45, 2.75) is 77.5 Å². The summed E-state index contributed by atoms with van der Waals surface area (Å²) in [5, 5.41) is 2.55. The number of carbonyl (C=O) groups excluding carboxylic acids is 3. The van der Waals surface area contributed by atoms with E-state index in [-0.39, 0.29) is 18.9 Å². The van der Waals surface area contributed by atoms with E-state index < -0.39 is 34.8 Å². The summed E-state index contributed by atoms with van der Waals surface area (Å²) < 4.78 is 15.4. The number of carbonyl (C=O) groups is 3. The highest BCUT2D eigenvalue weighted by Gasteiger charge is 2.47. The minimum atomic E-state index is -1.92. The second kappa shape index (κ2) is 10.7. The van der Waals surface area contributed by atoms with Crippen LogP contribution >= 0.6 is 11.6 Å². The molecule has 9 heteroatoms. The molecule has 0 saturated carbocycles. The van der Waals surface area contributed by atoms with Crippen LogP contribution in [0.15, 0.2) is 0 Å². The third-order valence-corrected chi connectivity index (χ3v) is 3.26. The molecule has 0 spiro atoms. The van der Waals surface area contributed by atoms with E-state index in [1.807, 2.05) is 0 Å². The molecule has 0 aromatic carbocycles. The van der Waals surface area contributed by atoms with E-state index in [0.29, 0.717) is 19.4 Å². The smallest absolute Gasteiger partial charge is 0.407 e. The number of hydrogen-bond donors (Lipinski definition) is 2. The van der Waals surface area contributed by atoms with E-state index in [1.54, 1.807) is 41.5 Å². The molecule has 1 amide bonds. The predicted octanol–water partition coefficient (Wildman–Crippen LogP) is 2.50. The molecule has 0 radical (unpaired) electrons. The summed E-state index contributed by atoms with van der Waals surface area (Å²) in [7, 11) is 0. The highest BCUT2D eigenvalue weighted by atomic mass is 35.5. The zero-order valence-corrected chi connectivity index (χ0v) is 17.9. The fourth-order valence-corrected chi connectivity index (χ4v) is 2.00. The highest BCUT2D eigenvalue weighted by molar-refractivity contribution is 6.18. The van der Waals surface area contributed by atoms with Gasteiger partial charge in [-0.3, -0.25) is 0 Å². The van der Waals surface area contributed by atoms with Crippen LogP contribution in [-0.4, -0.2) is 53.8 Å². The Kier molecular flexibility index (Phi) is 10.1. The first-order valence-electron chi connectivity index (χ1n) is 8.93. The van der Waals surface area contributed by atoms with Crippen molar-refractivity contribution in [2.75, 3.05) is 19.0 Å². The lowest BCUT2D eigenvalue weighted by molar-refractivity contribution is -0.177. The summed E-state index contributed by atoms with van der Waals surface area (Å²) in [6, 6.07) is 0. The number of rotatable bonds is 9. The van der Waals surface area contributed by atoms with Crippen LogP contribution in [0.4, 0.5) is 4.79 Å². The van der Waals surface area contributed by atoms with Gasteiger partial charge in [0.25, 0.3) is 0 Å².